The molecule has 1 N–H and O–H groups in total. The Morgan fingerprint density at radius 1 is 0.833 bits per heavy atom. The van der Waals surface area contributed by atoms with E-state index in [1.165, 1.54) is 69.4 Å². The number of benzene rings is 2. The van der Waals surface area contributed by atoms with Gasteiger partial charge in [-0.15, -0.1) is 0 Å². The van der Waals surface area contributed by atoms with Crippen LogP contribution in [0, 0.1) is 0 Å². The van der Waals surface area contributed by atoms with Crippen molar-refractivity contribution in [2.75, 3.05) is 18.5 Å². The van der Waals surface area contributed by atoms with Crippen LogP contribution in [0.4, 0.5) is 5.69 Å². The number of ether oxygens (including phenoxy) is 1. The first-order valence-corrected chi connectivity index (χ1v) is 11.5. The summed E-state index contributed by atoms with van der Waals surface area (Å²) < 4.78 is 4.88. The van der Waals surface area contributed by atoms with Crippen LogP contribution in [0.3, 0.4) is 0 Å². The van der Waals surface area contributed by atoms with Gasteiger partial charge in [0, 0.05) is 18.3 Å². The Bertz CT molecular complexity index is 722. The minimum absolute atomic E-state index is 0.299. The van der Waals surface area contributed by atoms with E-state index in [9.17, 15) is 4.79 Å². The third-order valence-electron chi connectivity index (χ3n) is 5.17. The summed E-state index contributed by atoms with van der Waals surface area (Å²) >= 11 is 0. The van der Waals surface area contributed by atoms with Gasteiger partial charge in [-0.3, -0.25) is 0 Å². The number of hydrogen-bond donors (Lipinski definition) is 1. The van der Waals surface area contributed by atoms with Crippen LogP contribution in [-0.4, -0.2) is 19.1 Å². The fourth-order valence-corrected chi connectivity index (χ4v) is 3.46. The highest BCUT2D eigenvalue weighted by molar-refractivity contribution is 5.87. The standard InChI is InChI=1S/C27H37NO2/c1-2-30-27(29)22-19-25-17-20-26(21-18-25)28-23-13-8-6-4-3-5-7-10-14-24-15-11-9-12-16-24/h9,11-12,15-22,28H,2-8,10,13-14,23H2,1H3. The molecule has 0 amide bonds. The topological polar surface area (TPSA) is 38.3 Å². The minimum Gasteiger partial charge on any atom is -0.463 e. The molecule has 2 aromatic rings. The second-order valence-corrected chi connectivity index (χ2v) is 7.70. The van der Waals surface area contributed by atoms with Crippen LogP contribution in [0.15, 0.2) is 60.7 Å². The zero-order chi connectivity index (χ0) is 21.3. The Labute approximate surface area is 182 Å². The smallest absolute Gasteiger partial charge is 0.330 e. The fraction of sp³-hybridized carbons (Fsp3) is 0.444. The zero-order valence-electron chi connectivity index (χ0n) is 18.4. The van der Waals surface area contributed by atoms with Crippen molar-refractivity contribution in [3.8, 4) is 0 Å². The molecular weight excluding hydrogens is 370 g/mol. The molecule has 0 aliphatic heterocycles. The van der Waals surface area contributed by atoms with Crippen molar-refractivity contribution in [2.24, 2.45) is 0 Å². The SMILES string of the molecule is CCOC(=O)C=Cc1ccc(NCCCCCCCCCCc2ccccc2)cc1. The van der Waals surface area contributed by atoms with Gasteiger partial charge in [0.05, 0.1) is 6.61 Å². The van der Waals surface area contributed by atoms with Crippen LogP contribution in [0.2, 0.25) is 0 Å². The van der Waals surface area contributed by atoms with E-state index >= 15 is 0 Å². The van der Waals surface area contributed by atoms with Gasteiger partial charge in [-0.05, 0) is 55.5 Å². The highest BCUT2D eigenvalue weighted by Crippen LogP contribution is 2.13. The fourth-order valence-electron chi connectivity index (χ4n) is 3.46. The molecule has 0 unspecified atom stereocenters. The van der Waals surface area contributed by atoms with Gasteiger partial charge in [-0.2, -0.15) is 0 Å². The van der Waals surface area contributed by atoms with Crippen LogP contribution in [0.25, 0.3) is 6.08 Å². The maximum atomic E-state index is 11.3. The van der Waals surface area contributed by atoms with Crippen molar-refractivity contribution in [1.82, 2.24) is 0 Å². The van der Waals surface area contributed by atoms with Crippen molar-refractivity contribution in [3.05, 3.63) is 71.8 Å². The summed E-state index contributed by atoms with van der Waals surface area (Å²) in [4.78, 5) is 11.3. The molecule has 0 saturated heterocycles. The van der Waals surface area contributed by atoms with Crippen molar-refractivity contribution < 1.29 is 9.53 Å². The number of carbonyl (C=O) groups is 1. The number of rotatable bonds is 15. The highest BCUT2D eigenvalue weighted by atomic mass is 16.5. The molecule has 0 aliphatic rings. The minimum atomic E-state index is -0.299. The van der Waals surface area contributed by atoms with Gasteiger partial charge < -0.3 is 10.1 Å². The molecular formula is C27H37NO2. The lowest BCUT2D eigenvalue weighted by atomic mass is 10.0. The first kappa shape index (κ1) is 23.7. The van der Waals surface area contributed by atoms with Crippen molar-refractivity contribution in [3.63, 3.8) is 0 Å². The van der Waals surface area contributed by atoms with Crippen LogP contribution in [-0.2, 0) is 16.0 Å². The van der Waals surface area contributed by atoms with Gasteiger partial charge in [0.1, 0.15) is 0 Å². The summed E-state index contributed by atoms with van der Waals surface area (Å²) in [6.45, 7) is 3.22. The summed E-state index contributed by atoms with van der Waals surface area (Å²) in [6.07, 6.45) is 15.0. The van der Waals surface area contributed by atoms with Gasteiger partial charge in [0.25, 0.3) is 0 Å². The van der Waals surface area contributed by atoms with Gasteiger partial charge in [0.2, 0.25) is 0 Å². The Morgan fingerprint density at radius 3 is 2.13 bits per heavy atom. The average Bonchev–Trinajstić information content (AvgIpc) is 2.78. The van der Waals surface area contributed by atoms with E-state index in [0.717, 1.165) is 17.8 Å². The molecule has 0 aromatic heterocycles. The lowest BCUT2D eigenvalue weighted by Gasteiger charge is -2.07. The molecule has 0 aliphatic carbocycles. The number of hydrogen-bond acceptors (Lipinski definition) is 3. The third-order valence-corrected chi connectivity index (χ3v) is 5.17. The Morgan fingerprint density at radius 2 is 1.47 bits per heavy atom. The predicted molar refractivity (Wildman–Crippen MR) is 128 cm³/mol. The van der Waals surface area contributed by atoms with Crippen LogP contribution in [0.5, 0.6) is 0 Å². The second kappa shape index (κ2) is 15.3. The zero-order valence-corrected chi connectivity index (χ0v) is 18.4. The molecule has 2 aromatic carbocycles. The van der Waals surface area contributed by atoms with Gasteiger partial charge >= 0.3 is 5.97 Å². The number of carbonyl (C=O) groups excluding carboxylic acids is 1. The Kier molecular flexibility index (Phi) is 12.1. The van der Waals surface area contributed by atoms with Crippen LogP contribution < -0.4 is 5.32 Å². The molecule has 0 spiro atoms. The molecule has 3 nitrogen and oxygen atoms in total. The quantitative estimate of drug-likeness (QED) is 0.195. The lowest BCUT2D eigenvalue weighted by Crippen LogP contribution is -2.01. The van der Waals surface area contributed by atoms with Crippen molar-refractivity contribution >= 4 is 17.7 Å². The number of esters is 1. The maximum Gasteiger partial charge on any atom is 0.330 e. The van der Waals surface area contributed by atoms with E-state index in [1.807, 2.05) is 12.1 Å². The molecule has 30 heavy (non-hydrogen) atoms. The highest BCUT2D eigenvalue weighted by Gasteiger charge is 1.97. The summed E-state index contributed by atoms with van der Waals surface area (Å²) in [5.74, 6) is -0.299. The first-order valence-electron chi connectivity index (χ1n) is 11.5. The normalized spacial score (nSPS) is 11.0. The van der Waals surface area contributed by atoms with Gasteiger partial charge in [0.15, 0.2) is 0 Å². The molecule has 0 radical (unpaired) electrons. The number of nitrogens with one attached hydrogen (secondary N) is 1. The summed E-state index contributed by atoms with van der Waals surface area (Å²) in [7, 11) is 0. The molecule has 0 fully saturated rings. The third kappa shape index (κ3) is 10.8. The summed E-state index contributed by atoms with van der Waals surface area (Å²) in [6, 6.07) is 18.9. The first-order chi connectivity index (χ1) is 14.8. The largest absolute Gasteiger partial charge is 0.463 e. The molecule has 0 atom stereocenters. The van der Waals surface area contributed by atoms with Gasteiger partial charge in [-0.1, -0.05) is 81.0 Å². The number of aryl methyl sites for hydroxylation is 1. The summed E-state index contributed by atoms with van der Waals surface area (Å²) in [5, 5.41) is 3.48. The van der Waals surface area contributed by atoms with Gasteiger partial charge in [-0.25, -0.2) is 4.79 Å². The van der Waals surface area contributed by atoms with E-state index < -0.39 is 0 Å². The molecule has 3 heteroatoms. The number of anilines is 1. The number of unbranched alkanes of at least 4 members (excludes halogenated alkanes) is 7. The second-order valence-electron chi connectivity index (χ2n) is 7.70. The lowest BCUT2D eigenvalue weighted by molar-refractivity contribution is -0.137. The predicted octanol–water partition coefficient (Wildman–Crippen LogP) is 7.04. The monoisotopic (exact) mass is 407 g/mol. The molecule has 0 saturated carbocycles. The molecule has 0 bridgehead atoms. The van der Waals surface area contributed by atoms with Crippen LogP contribution >= 0.6 is 0 Å². The van der Waals surface area contributed by atoms with Crippen LogP contribution in [0.1, 0.15) is 69.4 Å². The Balaban J connectivity index is 1.43. The Hall–Kier alpha value is -2.55. The molecule has 0 heterocycles. The van der Waals surface area contributed by atoms with Crippen molar-refractivity contribution in [2.45, 2.75) is 64.7 Å². The van der Waals surface area contributed by atoms with E-state index in [2.05, 4.69) is 47.8 Å². The van der Waals surface area contributed by atoms with Crippen molar-refractivity contribution in [1.29, 1.82) is 0 Å². The molecule has 162 valence electrons. The average molecular weight is 408 g/mol. The van der Waals surface area contributed by atoms with E-state index in [-0.39, 0.29) is 5.97 Å². The maximum absolute atomic E-state index is 11.3. The molecule has 2 rings (SSSR count). The van der Waals surface area contributed by atoms with E-state index in [1.54, 1.807) is 13.0 Å². The van der Waals surface area contributed by atoms with E-state index in [0.29, 0.717) is 6.61 Å². The van der Waals surface area contributed by atoms with E-state index in [4.69, 9.17) is 4.74 Å². The summed E-state index contributed by atoms with van der Waals surface area (Å²) in [5.41, 5.74) is 3.59.